The van der Waals surface area contributed by atoms with Crippen molar-refractivity contribution in [2.24, 2.45) is 0 Å². The fourth-order valence-corrected chi connectivity index (χ4v) is 1.91. The van der Waals surface area contributed by atoms with E-state index >= 15 is 0 Å². The van der Waals surface area contributed by atoms with Gasteiger partial charge >= 0.3 is 11.9 Å². The van der Waals surface area contributed by atoms with Crippen molar-refractivity contribution in [3.8, 4) is 0 Å². The van der Waals surface area contributed by atoms with E-state index in [4.69, 9.17) is 18.6 Å². The van der Waals surface area contributed by atoms with Gasteiger partial charge in [0.25, 0.3) is 0 Å². The quantitative estimate of drug-likeness (QED) is 0.417. The lowest BCUT2D eigenvalue weighted by Crippen LogP contribution is -2.16. The first-order chi connectivity index (χ1) is 10.7. The number of rotatable bonds is 8. The minimum Gasteiger partial charge on any atom is -0.462 e. The van der Waals surface area contributed by atoms with Gasteiger partial charge in [-0.05, 0) is 25.0 Å². The Balaban J connectivity index is 2.20. The van der Waals surface area contributed by atoms with Crippen LogP contribution in [0.5, 0.6) is 0 Å². The van der Waals surface area contributed by atoms with Gasteiger partial charge in [-0.2, -0.15) is 0 Å². The maximum atomic E-state index is 12.2. The first kappa shape index (κ1) is 16.1. The number of esters is 2. The van der Waals surface area contributed by atoms with Crippen LogP contribution in [-0.4, -0.2) is 25.2 Å². The van der Waals surface area contributed by atoms with Crippen molar-refractivity contribution in [3.05, 3.63) is 23.3 Å². The molecule has 0 atom stereocenters. The number of carbonyl (C=O) groups is 2. The van der Waals surface area contributed by atoms with E-state index in [9.17, 15) is 9.59 Å². The molecule has 0 aliphatic heterocycles. The number of unbranched alkanes of at least 4 members (excludes halogenated alkanes) is 2. The van der Waals surface area contributed by atoms with Gasteiger partial charge in [0.1, 0.15) is 5.56 Å². The van der Waals surface area contributed by atoms with Crippen LogP contribution >= 0.6 is 0 Å². The highest BCUT2D eigenvalue weighted by molar-refractivity contribution is 6.10. The number of hydrogen-bond donors (Lipinski definition) is 0. The molecule has 0 spiro atoms. The molecule has 0 unspecified atom stereocenters. The summed E-state index contributed by atoms with van der Waals surface area (Å²) in [6.07, 6.45) is 3.35. The van der Waals surface area contributed by atoms with Crippen LogP contribution in [0.1, 0.15) is 60.2 Å². The second kappa shape index (κ2) is 7.68. The molecular weight excluding hydrogens is 288 g/mol. The molecule has 0 bridgehead atoms. The highest BCUT2D eigenvalue weighted by Gasteiger charge is 2.27. The number of hydrogen-bond acceptors (Lipinski definition) is 6. The minimum absolute atomic E-state index is 0.0707. The zero-order valence-electron chi connectivity index (χ0n) is 12.8. The van der Waals surface area contributed by atoms with Crippen molar-refractivity contribution in [2.45, 2.75) is 39.5 Å². The van der Waals surface area contributed by atoms with E-state index < -0.39 is 11.9 Å². The van der Waals surface area contributed by atoms with E-state index in [0.717, 1.165) is 25.7 Å². The summed E-state index contributed by atoms with van der Waals surface area (Å²) in [6.45, 7) is 4.61. The van der Waals surface area contributed by atoms with Crippen LogP contribution in [0.4, 0.5) is 0 Å². The van der Waals surface area contributed by atoms with Gasteiger partial charge in [-0.1, -0.05) is 26.7 Å². The zero-order chi connectivity index (χ0) is 15.9. The Morgan fingerprint density at radius 3 is 2.14 bits per heavy atom. The average Bonchev–Trinajstić information content (AvgIpc) is 2.48. The zero-order valence-corrected chi connectivity index (χ0v) is 12.8. The van der Waals surface area contributed by atoms with Gasteiger partial charge < -0.3 is 9.47 Å². The number of carbonyl (C=O) groups excluding carboxylic acids is 2. The molecule has 1 aromatic heterocycles. The molecule has 0 fully saturated rings. The van der Waals surface area contributed by atoms with Crippen LogP contribution in [0.3, 0.4) is 0 Å². The summed E-state index contributed by atoms with van der Waals surface area (Å²) in [5.74, 6) is -1.16. The molecule has 0 aliphatic rings. The van der Waals surface area contributed by atoms with E-state index in [1.54, 1.807) is 6.07 Å². The Labute approximate surface area is 128 Å². The Morgan fingerprint density at radius 1 is 0.955 bits per heavy atom. The molecule has 0 saturated carbocycles. The van der Waals surface area contributed by atoms with Gasteiger partial charge in [0, 0.05) is 0 Å². The lowest BCUT2D eigenvalue weighted by Gasteiger charge is -2.11. The standard InChI is InChI=1S/C16H20O6/c1-3-5-9-19-15(17)11-7-8-12-14(22-21-12)13(11)16(18)20-10-6-4-2/h7-8H,3-6,9-10H2,1-2H3. The first-order valence-corrected chi connectivity index (χ1v) is 7.54. The highest BCUT2D eigenvalue weighted by atomic mass is 17.0. The number of fused-ring (bicyclic) bond motifs is 1. The number of ether oxygens (including phenoxy) is 2. The van der Waals surface area contributed by atoms with Crippen LogP contribution < -0.4 is 0 Å². The summed E-state index contributed by atoms with van der Waals surface area (Å²) < 4.78 is 19.9. The van der Waals surface area contributed by atoms with Crippen LogP contribution in [0, 0.1) is 0 Å². The molecule has 0 amide bonds. The predicted molar refractivity (Wildman–Crippen MR) is 78.9 cm³/mol. The molecule has 0 N–H and O–H groups in total. The monoisotopic (exact) mass is 308 g/mol. The third-order valence-corrected chi connectivity index (χ3v) is 3.22. The molecule has 2 aromatic rings. The minimum atomic E-state index is -0.601. The van der Waals surface area contributed by atoms with Gasteiger partial charge in [-0.3, -0.25) is 9.15 Å². The van der Waals surface area contributed by atoms with Gasteiger partial charge in [-0.15, -0.1) is 0 Å². The molecule has 0 saturated heterocycles. The molecule has 2 rings (SSSR count). The largest absolute Gasteiger partial charge is 0.462 e. The SMILES string of the molecule is CCCCOC(=O)c1ccc2ooc2c1C(=O)OCCCC. The van der Waals surface area contributed by atoms with Crippen LogP contribution in [0.2, 0.25) is 0 Å². The van der Waals surface area contributed by atoms with Crippen LogP contribution in [0.15, 0.2) is 21.3 Å². The Hall–Kier alpha value is -2.24. The van der Waals surface area contributed by atoms with Gasteiger partial charge in [-0.25, -0.2) is 9.59 Å². The van der Waals surface area contributed by atoms with E-state index in [0.29, 0.717) is 18.8 Å². The van der Waals surface area contributed by atoms with E-state index in [2.05, 4.69) is 0 Å². The van der Waals surface area contributed by atoms with Crippen molar-refractivity contribution in [1.82, 2.24) is 0 Å². The molecule has 0 radical (unpaired) electrons. The topological polar surface area (TPSA) is 78.9 Å². The van der Waals surface area contributed by atoms with Crippen molar-refractivity contribution >= 4 is 23.1 Å². The lowest BCUT2D eigenvalue weighted by molar-refractivity contribution is 0.0409. The molecule has 0 aliphatic carbocycles. The Morgan fingerprint density at radius 2 is 1.59 bits per heavy atom. The first-order valence-electron chi connectivity index (χ1n) is 7.54. The number of benzene rings is 1. The van der Waals surface area contributed by atoms with Crippen molar-refractivity contribution < 1.29 is 28.2 Å². The third-order valence-electron chi connectivity index (χ3n) is 3.22. The maximum Gasteiger partial charge on any atom is 0.343 e. The normalized spacial score (nSPS) is 10.8. The smallest absolute Gasteiger partial charge is 0.343 e. The van der Waals surface area contributed by atoms with Crippen molar-refractivity contribution in [2.75, 3.05) is 13.2 Å². The highest BCUT2D eigenvalue weighted by Crippen LogP contribution is 2.27. The maximum absolute atomic E-state index is 12.2. The molecule has 1 aromatic carbocycles. The summed E-state index contributed by atoms with van der Waals surface area (Å²) in [4.78, 5) is 24.4. The molecular formula is C16H20O6. The Bertz CT molecular complexity index is 636. The van der Waals surface area contributed by atoms with E-state index in [1.807, 2.05) is 13.8 Å². The molecule has 120 valence electrons. The molecule has 22 heavy (non-hydrogen) atoms. The molecule has 1 heterocycles. The average molecular weight is 308 g/mol. The van der Waals surface area contributed by atoms with Crippen molar-refractivity contribution in [3.63, 3.8) is 0 Å². The fourth-order valence-electron chi connectivity index (χ4n) is 1.91. The lowest BCUT2D eigenvalue weighted by atomic mass is 10.1. The fraction of sp³-hybridized carbons (Fsp3) is 0.500. The van der Waals surface area contributed by atoms with Crippen molar-refractivity contribution in [1.29, 1.82) is 0 Å². The summed E-state index contributed by atoms with van der Waals surface area (Å²) in [6, 6.07) is 3.06. The van der Waals surface area contributed by atoms with Gasteiger partial charge in [0.05, 0.1) is 18.8 Å². The Kier molecular flexibility index (Phi) is 5.63. The second-order valence-electron chi connectivity index (χ2n) is 4.96. The van der Waals surface area contributed by atoms with E-state index in [1.165, 1.54) is 6.07 Å². The summed E-state index contributed by atoms with van der Waals surface area (Å²) >= 11 is 0. The van der Waals surface area contributed by atoms with E-state index in [-0.39, 0.29) is 16.7 Å². The van der Waals surface area contributed by atoms with Crippen LogP contribution in [-0.2, 0) is 9.47 Å². The van der Waals surface area contributed by atoms with Gasteiger partial charge in [0.15, 0.2) is 0 Å². The summed E-state index contributed by atoms with van der Waals surface area (Å²) in [7, 11) is 0. The molecule has 6 heteroatoms. The molecule has 6 nitrogen and oxygen atoms in total. The van der Waals surface area contributed by atoms with Crippen LogP contribution in [0.25, 0.3) is 11.2 Å². The second-order valence-corrected chi connectivity index (χ2v) is 4.96. The summed E-state index contributed by atoms with van der Waals surface area (Å²) in [5, 5.41) is 0. The van der Waals surface area contributed by atoms with Gasteiger partial charge in [0.2, 0.25) is 11.2 Å². The summed E-state index contributed by atoms with van der Waals surface area (Å²) in [5.41, 5.74) is 0.847. The third kappa shape index (κ3) is 3.50. The predicted octanol–water partition coefficient (Wildman–Crippen LogP) is 3.94.